The molecular weight excluding hydrogens is 1360 g/mol. The Labute approximate surface area is 593 Å². The molecule has 0 aliphatic carbocycles. The van der Waals surface area contributed by atoms with Crippen molar-refractivity contribution in [3.8, 4) is 0 Å². The lowest BCUT2D eigenvalue weighted by molar-refractivity contribution is -0.361. The summed E-state index contributed by atoms with van der Waals surface area (Å²) in [6, 6.07) is 0. The van der Waals surface area contributed by atoms with E-state index in [1.807, 2.05) is 0 Å². The van der Waals surface area contributed by atoms with Gasteiger partial charge in [0.25, 0.3) is 0 Å². The lowest BCUT2D eigenvalue weighted by Gasteiger charge is -2.48. The molecule has 0 aromatic carbocycles. The quantitative estimate of drug-likeness (QED) is 0.0727. The van der Waals surface area contributed by atoms with Crippen LogP contribution in [0.4, 0.5) is 0 Å². The van der Waals surface area contributed by atoms with E-state index in [4.69, 9.17) is 166 Å². The maximum Gasteiger partial charge on any atom is 0.187 e. The first-order valence-electron chi connectivity index (χ1n) is 33.6. The molecule has 36 nitrogen and oxygen atoms in total. The van der Waals surface area contributed by atoms with Crippen molar-refractivity contribution in [2.45, 2.75) is 221 Å². The molecule has 101 heavy (non-hydrogen) atoms. The average Bonchev–Trinajstić information content (AvgIpc) is 0.794. The van der Waals surface area contributed by atoms with Gasteiger partial charge in [-0.1, -0.05) is 0 Å². The molecule has 0 bridgehead atoms. The predicted octanol–water partition coefficient (Wildman–Crippen LogP) is -1.50. The third kappa shape index (κ3) is 19.8. The zero-order chi connectivity index (χ0) is 73.6. The van der Waals surface area contributed by atoms with Crippen LogP contribution in [-0.2, 0) is 166 Å². The van der Waals surface area contributed by atoms with Crippen molar-refractivity contribution in [1.82, 2.24) is 0 Å². The molecule has 0 amide bonds. The van der Waals surface area contributed by atoms with Gasteiger partial charge in [-0.25, -0.2) is 0 Å². The van der Waals surface area contributed by atoms with Crippen LogP contribution >= 0.6 is 0 Å². The number of ether oxygens (including phenoxy) is 35. The second kappa shape index (κ2) is 43.7. The fourth-order valence-corrected chi connectivity index (χ4v) is 15.1. The van der Waals surface area contributed by atoms with Gasteiger partial charge in [-0.15, -0.1) is 0 Å². The minimum absolute atomic E-state index is 0.0458. The van der Waals surface area contributed by atoms with Gasteiger partial charge in [0.15, 0.2) is 44.0 Å². The van der Waals surface area contributed by atoms with Crippen molar-refractivity contribution in [3.05, 3.63) is 0 Å². The summed E-state index contributed by atoms with van der Waals surface area (Å²) >= 11 is 0. The Morgan fingerprint density at radius 3 is 0.455 bits per heavy atom. The molecule has 35 atom stereocenters. The van der Waals surface area contributed by atoms with Gasteiger partial charge in [-0.3, -0.25) is 0 Å². The number of hydrogen-bond donors (Lipinski definition) is 1. The van der Waals surface area contributed by atoms with E-state index in [-0.39, 0.29) is 52.7 Å². The number of aliphatic hydroxyl groups excluding tert-OH is 1. The Balaban J connectivity index is 1.05. The van der Waals surface area contributed by atoms with Gasteiger partial charge in [0.05, 0.1) is 45.7 Å². The fourth-order valence-electron chi connectivity index (χ4n) is 15.1. The van der Waals surface area contributed by atoms with Crippen molar-refractivity contribution in [1.29, 1.82) is 0 Å². The van der Waals surface area contributed by atoms with Gasteiger partial charge in [-0.05, 0) is 6.42 Å². The second-order valence-electron chi connectivity index (χ2n) is 24.8. The maximum atomic E-state index is 9.91. The molecule has 7 fully saturated rings. The molecule has 0 aromatic rings. The van der Waals surface area contributed by atoms with E-state index < -0.39 is 215 Å². The fraction of sp³-hybridized carbons (Fsp3) is 1.00. The molecule has 0 radical (unpaired) electrons. The molecule has 1 N–H and O–H groups in total. The van der Waals surface area contributed by atoms with Crippen molar-refractivity contribution in [2.75, 3.05) is 203 Å². The van der Waals surface area contributed by atoms with Crippen LogP contribution in [0.3, 0.4) is 0 Å². The van der Waals surface area contributed by atoms with Gasteiger partial charge in [0, 0.05) is 163 Å². The molecule has 36 heteroatoms. The molecule has 7 aliphatic rings. The highest BCUT2D eigenvalue weighted by molar-refractivity contribution is 5.01. The predicted molar refractivity (Wildman–Crippen MR) is 342 cm³/mol. The lowest BCUT2D eigenvalue weighted by Crippen LogP contribution is -2.65. The lowest BCUT2D eigenvalue weighted by atomic mass is 9.96. The van der Waals surface area contributed by atoms with E-state index in [1.54, 1.807) is 35.5 Å². The molecule has 7 heterocycles. The van der Waals surface area contributed by atoms with Crippen LogP contribution in [0, 0.1) is 0 Å². The maximum absolute atomic E-state index is 9.91. The monoisotopic (exact) mass is 1470 g/mol. The van der Waals surface area contributed by atoms with Crippen LogP contribution in [0.15, 0.2) is 0 Å². The third-order valence-corrected chi connectivity index (χ3v) is 20.0. The Hall–Kier alpha value is -1.44. The SMILES string of the molecule is COC1[C@H](OC)O[C@H](CO[C@@H]2O[C@H](CO[C@@H]3O[C@H](CO[C@@H]4O[C@H](CO[C@@H]5O[C@H](CO[C@@H]6O[C@H](CO[C@@H]7OC(CCO)[C@@H](OC)[C@@H](OC)C7OC)[C@@H](OC)[C@@H](OC)C6OC)[C@@H](OC)[C@@H](OC)C5OC)[C@@H](OC)[C@@H](OC)C4OC)[C@@H](OC)[C@@H](OC)C3OC)[C@@H](OC)[C@@H](OC)C2OC)[C@@H](OC)[C@H]1OC. The summed E-state index contributed by atoms with van der Waals surface area (Å²) in [4.78, 5) is 0. The summed E-state index contributed by atoms with van der Waals surface area (Å²) in [7, 11) is 33.6. The first kappa shape index (κ1) is 86.8. The Bertz CT molecular complexity index is 2230. The van der Waals surface area contributed by atoms with Crippen LogP contribution in [0.5, 0.6) is 0 Å². The summed E-state index contributed by atoms with van der Waals surface area (Å²) in [5, 5.41) is 9.91. The molecule has 7 rings (SSSR count). The molecule has 0 aromatic heterocycles. The van der Waals surface area contributed by atoms with Crippen molar-refractivity contribution in [2.24, 2.45) is 0 Å². The highest BCUT2D eigenvalue weighted by Gasteiger charge is 2.57. The second-order valence-corrected chi connectivity index (χ2v) is 24.8. The number of rotatable bonds is 42. The van der Waals surface area contributed by atoms with Crippen LogP contribution < -0.4 is 0 Å². The largest absolute Gasteiger partial charge is 0.396 e. The summed E-state index contributed by atoms with van der Waals surface area (Å²) in [6.45, 7) is -0.948. The Morgan fingerprint density at radius 1 is 0.168 bits per heavy atom. The molecule has 0 spiro atoms. The van der Waals surface area contributed by atoms with Gasteiger partial charge < -0.3 is 171 Å². The van der Waals surface area contributed by atoms with Crippen LogP contribution in [0.25, 0.3) is 0 Å². The van der Waals surface area contributed by atoms with Crippen LogP contribution in [0.2, 0.25) is 0 Å². The normalized spacial score (nSPS) is 44.0. The van der Waals surface area contributed by atoms with Gasteiger partial charge in [0.2, 0.25) is 0 Å². The van der Waals surface area contributed by atoms with E-state index in [2.05, 4.69) is 0 Å². The molecular formula is C65H118O36. The van der Waals surface area contributed by atoms with E-state index in [0.29, 0.717) is 0 Å². The van der Waals surface area contributed by atoms with Crippen molar-refractivity contribution in [3.63, 3.8) is 0 Å². The number of methoxy groups -OCH3 is 22. The summed E-state index contributed by atoms with van der Waals surface area (Å²) in [5.41, 5.74) is 0. The first-order valence-corrected chi connectivity index (χ1v) is 33.6. The van der Waals surface area contributed by atoms with Gasteiger partial charge >= 0.3 is 0 Å². The Morgan fingerprint density at radius 2 is 0.307 bits per heavy atom. The Kier molecular flexibility index (Phi) is 37.5. The smallest absolute Gasteiger partial charge is 0.187 e. The van der Waals surface area contributed by atoms with Crippen LogP contribution in [-0.4, -0.2) is 423 Å². The molecule has 8 unspecified atom stereocenters. The third-order valence-electron chi connectivity index (χ3n) is 20.0. The topological polar surface area (TPSA) is 343 Å². The van der Waals surface area contributed by atoms with Crippen molar-refractivity contribution >= 4 is 0 Å². The first-order chi connectivity index (χ1) is 49.1. The summed E-state index contributed by atoms with van der Waals surface area (Å²) in [6.07, 6.45) is -28.2. The van der Waals surface area contributed by atoms with E-state index in [0.717, 1.165) is 0 Å². The number of hydrogen-bond acceptors (Lipinski definition) is 36. The molecule has 7 aliphatic heterocycles. The minimum Gasteiger partial charge on any atom is -0.396 e. The highest BCUT2D eigenvalue weighted by Crippen LogP contribution is 2.39. The molecule has 7 saturated heterocycles. The van der Waals surface area contributed by atoms with E-state index in [9.17, 15) is 5.11 Å². The summed E-state index contributed by atoms with van der Waals surface area (Å²) < 4.78 is 217. The minimum atomic E-state index is -1.14. The van der Waals surface area contributed by atoms with Gasteiger partial charge in [-0.2, -0.15) is 0 Å². The molecule has 0 saturated carbocycles. The standard InChI is InChI=1S/C65H118O36/c1-67-38-31(23-24-66)95-60(53(82-16)45(38)74-8)89-26-33-40(69-3)47(76-10)55(84-18)62(97-33)91-28-35-42(71-5)49(78-12)57(86-20)64(99-35)93-30-37-44(73-7)51(80-14)58(87-21)65(101-37)94-29-36-43(72-6)50(79-13)56(85-19)63(100-36)92-27-34-41(70-4)48(77-11)54(83-17)61(98-34)90-25-32-39(68-2)46(75-9)52(81-15)59(88-22)96-32/h31-66H,23-30H2,1-22H3/t31?,32-,33-,34-,35-,36-,37-,38-,39-,40-,41-,42-,43-,44-,45-,46-,47-,48-,49-,50-,51-,52?,53?,54?,55?,56?,57?,58?,59-,60-,61-,62-,63-,64-,65-/m1/s1. The van der Waals surface area contributed by atoms with Crippen molar-refractivity contribution < 1.29 is 171 Å². The summed E-state index contributed by atoms with van der Waals surface area (Å²) in [5.74, 6) is 0. The zero-order valence-electron chi connectivity index (χ0n) is 62.6. The average molecular weight is 1480 g/mol. The van der Waals surface area contributed by atoms with E-state index in [1.165, 1.54) is 121 Å². The highest BCUT2D eigenvalue weighted by atomic mass is 16.8. The van der Waals surface area contributed by atoms with E-state index >= 15 is 0 Å². The van der Waals surface area contributed by atoms with Gasteiger partial charge in [0.1, 0.15) is 165 Å². The van der Waals surface area contributed by atoms with Crippen LogP contribution in [0.1, 0.15) is 6.42 Å². The molecule has 594 valence electrons. The zero-order valence-corrected chi connectivity index (χ0v) is 62.6. The number of aliphatic hydroxyl groups is 1.